The van der Waals surface area contributed by atoms with Crippen molar-refractivity contribution >= 4 is 59.5 Å². The summed E-state index contributed by atoms with van der Waals surface area (Å²) < 4.78 is 97.9. The first kappa shape index (κ1) is 51.3. The van der Waals surface area contributed by atoms with Crippen LogP contribution in [0.3, 0.4) is 0 Å². The normalized spacial score (nSPS) is 16.9. The van der Waals surface area contributed by atoms with E-state index in [4.69, 9.17) is 30.3 Å². The molecule has 0 radical (unpaired) electrons. The third kappa shape index (κ3) is 14.6. The van der Waals surface area contributed by atoms with E-state index < -0.39 is 61.5 Å². The number of hydrogen-bond donors (Lipinski definition) is 1. The number of aryl methyl sites for hydroxylation is 2. The number of cyclic esters (lactones) is 2. The number of benzene rings is 4. The van der Waals surface area contributed by atoms with Crippen molar-refractivity contribution in [2.24, 2.45) is 0 Å². The van der Waals surface area contributed by atoms with Crippen LogP contribution in [-0.4, -0.2) is 73.8 Å². The summed E-state index contributed by atoms with van der Waals surface area (Å²) in [5.74, 6) is -1.03. The van der Waals surface area contributed by atoms with Gasteiger partial charge >= 0.3 is 24.3 Å². The minimum Gasteiger partial charge on any atom is -0.507 e. The van der Waals surface area contributed by atoms with Crippen LogP contribution in [0.1, 0.15) is 49.9 Å². The molecule has 2 heterocycles. The molecule has 340 valence electrons. The van der Waals surface area contributed by atoms with Crippen molar-refractivity contribution < 1.29 is 64.1 Å². The van der Waals surface area contributed by atoms with Crippen molar-refractivity contribution in [2.75, 3.05) is 33.2 Å². The highest BCUT2D eigenvalue weighted by Crippen LogP contribution is 2.53. The Balaban J connectivity index is 0.000000236. The zero-order valence-corrected chi connectivity index (χ0v) is 39.4. The van der Waals surface area contributed by atoms with Gasteiger partial charge in [0.15, 0.2) is 29.3 Å². The van der Waals surface area contributed by atoms with Crippen LogP contribution in [0.25, 0.3) is 33.4 Å². The molecule has 1 N–H and O–H groups in total. The van der Waals surface area contributed by atoms with Gasteiger partial charge in [0.2, 0.25) is 6.49 Å². The second-order valence-electron chi connectivity index (χ2n) is 15.9. The van der Waals surface area contributed by atoms with Crippen LogP contribution < -0.4 is 0 Å². The molecule has 8 nitrogen and oxygen atoms in total. The van der Waals surface area contributed by atoms with Crippen molar-refractivity contribution in [3.63, 3.8) is 0 Å². The molecule has 0 bridgehead atoms. The molecule has 0 aromatic heterocycles. The van der Waals surface area contributed by atoms with E-state index in [0.717, 1.165) is 38.9 Å². The number of rotatable bonds is 10. The van der Waals surface area contributed by atoms with Crippen LogP contribution in [-0.2, 0) is 56.2 Å². The summed E-state index contributed by atoms with van der Waals surface area (Å²) in [7, 11) is 0. The van der Waals surface area contributed by atoms with Gasteiger partial charge in [0.25, 0.3) is 0 Å². The van der Waals surface area contributed by atoms with Gasteiger partial charge in [-0.15, -0.1) is 0 Å². The number of hydrogen-bond acceptors (Lipinski definition) is 10. The van der Waals surface area contributed by atoms with Crippen LogP contribution in [0, 0.1) is 13.8 Å². The van der Waals surface area contributed by atoms with Crippen LogP contribution in [0.5, 0.6) is 0 Å². The minimum absolute atomic E-state index is 0.00851. The van der Waals surface area contributed by atoms with Gasteiger partial charge in [-0.1, -0.05) is 96.7 Å². The van der Waals surface area contributed by atoms with Gasteiger partial charge in [-0.2, -0.15) is 26.3 Å². The van der Waals surface area contributed by atoms with E-state index >= 15 is 0 Å². The van der Waals surface area contributed by atoms with Gasteiger partial charge < -0.3 is 28.2 Å². The van der Waals surface area contributed by atoms with Gasteiger partial charge in [0, 0.05) is 6.66 Å². The van der Waals surface area contributed by atoms with Crippen LogP contribution >= 0.6 is 12.8 Å². The van der Waals surface area contributed by atoms with Crippen molar-refractivity contribution in [2.45, 2.75) is 65.1 Å². The molecule has 63 heavy (non-hydrogen) atoms. The lowest BCUT2D eigenvalue weighted by Crippen LogP contribution is -2.24. The number of aliphatic hydroxyl groups excluding tert-OH is 1. The summed E-state index contributed by atoms with van der Waals surface area (Å²) in [6, 6.07) is 31.0. The van der Waals surface area contributed by atoms with Crippen molar-refractivity contribution in [1.82, 2.24) is 0 Å². The molecule has 1 unspecified atom stereocenters. The molecule has 2 aliphatic heterocycles. The molecule has 0 fully saturated rings. The highest BCUT2D eigenvalue weighted by atomic mass is 32.5. The predicted molar refractivity (Wildman–Crippen MR) is 241 cm³/mol. The zero-order chi connectivity index (χ0) is 47.3. The van der Waals surface area contributed by atoms with Gasteiger partial charge in [0.1, 0.15) is 17.8 Å². The summed E-state index contributed by atoms with van der Waals surface area (Å²) >= 11 is 9.83. The molecule has 0 spiro atoms. The quantitative estimate of drug-likeness (QED) is 0.0939. The molecule has 1 atom stereocenters. The topological polar surface area (TPSA) is 101 Å². The lowest BCUT2D eigenvalue weighted by Gasteiger charge is -2.27. The van der Waals surface area contributed by atoms with Crippen molar-refractivity contribution in [3.05, 3.63) is 131 Å². The first-order valence-electron chi connectivity index (χ1n) is 19.1. The lowest BCUT2D eigenvalue weighted by molar-refractivity contribution is -0.153. The summed E-state index contributed by atoms with van der Waals surface area (Å²) in [5, 5.41) is 10.4. The Bertz CT molecular complexity index is 2480. The molecule has 2 aliphatic rings. The largest absolute Gasteiger partial charge is 0.507 e. The van der Waals surface area contributed by atoms with E-state index in [2.05, 4.69) is 16.3 Å². The maximum atomic E-state index is 12.8. The van der Waals surface area contributed by atoms with Gasteiger partial charge in [-0.05, 0) is 123 Å². The Morgan fingerprint density at radius 2 is 1.00 bits per heavy atom. The van der Waals surface area contributed by atoms with Gasteiger partial charge in [-0.25, -0.2) is 9.59 Å². The van der Waals surface area contributed by atoms with Crippen LogP contribution in [0.15, 0.2) is 109 Å². The zero-order valence-electron chi connectivity index (χ0n) is 35.9. The van der Waals surface area contributed by atoms with E-state index in [-0.39, 0.29) is 22.7 Å². The first-order chi connectivity index (χ1) is 28.9. The van der Waals surface area contributed by atoms with E-state index in [9.17, 15) is 41.0 Å². The molecule has 4 aromatic carbocycles. The van der Waals surface area contributed by atoms with Crippen LogP contribution in [0.2, 0.25) is 0 Å². The fraction of sp³-hybridized carbons (Fsp3) is 0.333. The number of halogens is 6. The van der Waals surface area contributed by atoms with Crippen LogP contribution in [0.4, 0.5) is 26.3 Å². The smallest absolute Gasteiger partial charge is 0.412 e. The minimum atomic E-state index is -4.54. The summed E-state index contributed by atoms with van der Waals surface area (Å²) in [6.07, 6.45) is -10.9. The van der Waals surface area contributed by atoms with E-state index in [1.54, 1.807) is 27.7 Å². The Morgan fingerprint density at radius 3 is 1.38 bits per heavy atom. The monoisotopic (exact) mass is 956 g/mol. The average Bonchev–Trinajstić information content (AvgIpc) is 3.52. The Labute approximate surface area is 373 Å². The number of aliphatic hydroxyl groups is 1. The number of ether oxygens (including phenoxy) is 2. The Hall–Kier alpha value is -4.30. The molecule has 6 rings (SSSR count). The third-order valence-corrected chi connectivity index (χ3v) is 11.9. The molecule has 0 saturated heterocycles. The SMILES string of the molecule is CP(C)(=S)OCC(F)(F)F.Cc1ccc(-c2ccccc2)cc1C1=C(O)C(C)(C)OC1=O.Cc1ccc(-c2ccccc2)cc1C1=C(OP(C)(=S)OCC(F)(F)F)C(C)(C)OC1=O. The van der Waals surface area contributed by atoms with E-state index in [1.807, 2.05) is 111 Å². The standard InChI is InChI=1S/C22H22F3O4PS.C19H18O3.C4H8F3OPS/c1-14-10-11-16(15-8-6-5-7-9-15)12-17(14)18-19(21(2,3)28-20(18)26)29-30(4,31)27-13-22(23,24)25;1-12-9-10-14(13-7-5-4-6-8-13)11-15(12)16-17(20)19(2,3)22-18(16)21;1-9(2,10)8-3-4(5,6)7/h5-12H,13H2,1-4H3;4-11,20H,1-3H3;3H2,1-2H3. The number of carbonyl (C=O) groups excluding carboxylic acids is 2. The summed E-state index contributed by atoms with van der Waals surface area (Å²) in [6.45, 7) is 8.51. The Morgan fingerprint density at radius 1 is 0.603 bits per heavy atom. The van der Waals surface area contributed by atoms with Crippen molar-refractivity contribution in [1.29, 1.82) is 0 Å². The van der Waals surface area contributed by atoms with Crippen molar-refractivity contribution in [3.8, 4) is 22.3 Å². The summed E-state index contributed by atoms with van der Waals surface area (Å²) in [4.78, 5) is 25.0. The Kier molecular flexibility index (Phi) is 16.2. The highest BCUT2D eigenvalue weighted by Gasteiger charge is 2.46. The predicted octanol–water partition coefficient (Wildman–Crippen LogP) is 12.7. The molecular formula is C45H48F6O8P2S2. The van der Waals surface area contributed by atoms with Gasteiger partial charge in [-0.3, -0.25) is 0 Å². The van der Waals surface area contributed by atoms with Gasteiger partial charge in [0.05, 0.1) is 6.26 Å². The number of alkyl halides is 6. The average molecular weight is 957 g/mol. The summed E-state index contributed by atoms with van der Waals surface area (Å²) in [5.41, 5.74) is 5.11. The molecule has 0 amide bonds. The maximum absolute atomic E-state index is 12.8. The molecule has 4 aromatic rings. The fourth-order valence-electron chi connectivity index (χ4n) is 6.09. The second-order valence-corrected chi connectivity index (χ2v) is 25.3. The first-order valence-corrected chi connectivity index (χ1v) is 25.8. The lowest BCUT2D eigenvalue weighted by atomic mass is 9.93. The molecule has 0 aliphatic carbocycles. The second kappa shape index (κ2) is 19.8. The fourth-order valence-corrected chi connectivity index (χ4v) is 8.16. The van der Waals surface area contributed by atoms with E-state index in [0.29, 0.717) is 5.56 Å². The molecule has 0 saturated carbocycles. The maximum Gasteiger partial charge on any atom is 0.412 e. The number of carbonyl (C=O) groups is 2. The number of esters is 2. The third-order valence-electron chi connectivity index (χ3n) is 9.17. The molecular weight excluding hydrogens is 909 g/mol. The molecule has 18 heteroatoms. The highest BCUT2D eigenvalue weighted by molar-refractivity contribution is 8.11. The van der Waals surface area contributed by atoms with E-state index in [1.165, 1.54) is 20.0 Å².